The topological polar surface area (TPSA) is 199 Å². The smallest absolute Gasteiger partial charge is 0.301 e. The van der Waals surface area contributed by atoms with Gasteiger partial charge in [-0.05, 0) is 86.3 Å². The van der Waals surface area contributed by atoms with Crippen molar-refractivity contribution in [3.63, 3.8) is 0 Å². The summed E-state index contributed by atoms with van der Waals surface area (Å²) >= 11 is 0. The molecule has 4 aromatic rings. The van der Waals surface area contributed by atoms with E-state index in [1.165, 1.54) is 37.6 Å². The van der Waals surface area contributed by atoms with Crippen LogP contribution in [0.15, 0.2) is 59.7 Å². The number of nitrogens with zero attached hydrogens (tertiary/aromatic N) is 6. The number of nitriles is 1. The monoisotopic (exact) mass is 843 g/mol. The zero-order chi connectivity index (χ0) is 42.5. The lowest BCUT2D eigenvalue weighted by Crippen LogP contribution is -2.47. The van der Waals surface area contributed by atoms with Crippen LogP contribution in [0.1, 0.15) is 55.7 Å². The Hall–Kier alpha value is -5.97. The predicted octanol–water partition coefficient (Wildman–Crippen LogP) is 3.67. The quantitative estimate of drug-likeness (QED) is 0.176. The number of imide groups is 1. The molecule has 3 N–H and O–H groups in total. The second kappa shape index (κ2) is 16.2. The Kier molecular flexibility index (Phi) is 11.0. The molecule has 4 fully saturated rings. The van der Waals surface area contributed by atoms with E-state index in [1.807, 2.05) is 11.0 Å². The molecular weight excluding hydrogens is 801 g/mol. The molecule has 60 heavy (non-hydrogen) atoms. The molecule has 3 amide bonds. The summed E-state index contributed by atoms with van der Waals surface area (Å²) in [6.45, 7) is 4.28. The molecule has 0 spiro atoms. The third-order valence-corrected chi connectivity index (χ3v) is 13.6. The number of likely N-dealkylation sites (tertiary alicyclic amines) is 2. The van der Waals surface area contributed by atoms with Gasteiger partial charge in [-0.25, -0.2) is 13.8 Å². The van der Waals surface area contributed by atoms with Crippen LogP contribution in [0.25, 0.3) is 10.9 Å². The molecule has 3 unspecified atom stereocenters. The van der Waals surface area contributed by atoms with Gasteiger partial charge in [-0.15, -0.1) is 0 Å². The van der Waals surface area contributed by atoms with Gasteiger partial charge in [0, 0.05) is 56.7 Å². The summed E-state index contributed by atoms with van der Waals surface area (Å²) in [5.41, 5.74) is 0.559. The van der Waals surface area contributed by atoms with Crippen molar-refractivity contribution < 1.29 is 36.3 Å². The first kappa shape index (κ1) is 40.8. The Balaban J connectivity index is 0.861. The zero-order valence-corrected chi connectivity index (χ0v) is 33.7. The maximum absolute atomic E-state index is 15.2. The number of amides is 3. The molecule has 3 aromatic carbocycles. The Morgan fingerprint density at radius 2 is 1.78 bits per heavy atom. The number of rotatable bonds is 12. The molecular formula is C41H43F2N9O7S. The summed E-state index contributed by atoms with van der Waals surface area (Å²) in [5, 5.41) is 15.4. The Labute approximate surface area is 344 Å². The molecule has 19 heteroatoms. The molecule has 8 rings (SSSR count). The van der Waals surface area contributed by atoms with E-state index in [0.29, 0.717) is 62.2 Å². The maximum atomic E-state index is 15.2. The normalized spacial score (nSPS) is 22.0. The van der Waals surface area contributed by atoms with E-state index in [9.17, 15) is 32.9 Å². The van der Waals surface area contributed by atoms with Crippen LogP contribution in [0.4, 0.5) is 20.2 Å². The Bertz CT molecular complexity index is 2600. The van der Waals surface area contributed by atoms with E-state index in [4.69, 9.17) is 4.74 Å². The van der Waals surface area contributed by atoms with Gasteiger partial charge in [0.05, 0.1) is 29.5 Å². The van der Waals surface area contributed by atoms with Crippen LogP contribution >= 0.6 is 0 Å². The number of carbonyl (C=O) groups excluding carboxylic acids is 3. The number of fused-ring (bicyclic) bond motifs is 2. The first-order valence-corrected chi connectivity index (χ1v) is 21.2. The number of hydrogen-bond acceptors (Lipinski definition) is 11. The first-order chi connectivity index (χ1) is 28.7. The highest BCUT2D eigenvalue weighted by Gasteiger charge is 2.58. The van der Waals surface area contributed by atoms with Crippen molar-refractivity contribution in [1.82, 2.24) is 29.0 Å². The summed E-state index contributed by atoms with van der Waals surface area (Å²) in [5.74, 6) is -2.35. The van der Waals surface area contributed by atoms with Crippen LogP contribution in [-0.2, 0) is 24.6 Å². The summed E-state index contributed by atoms with van der Waals surface area (Å²) in [4.78, 5) is 59.1. The molecule has 314 valence electrons. The third-order valence-electron chi connectivity index (χ3n) is 12.1. The Morgan fingerprint density at radius 3 is 2.47 bits per heavy atom. The average molecular weight is 844 g/mol. The Morgan fingerprint density at radius 1 is 1.03 bits per heavy atom. The van der Waals surface area contributed by atoms with Crippen molar-refractivity contribution in [1.29, 1.82) is 5.26 Å². The molecule has 16 nitrogen and oxygen atoms in total. The SMILES string of the molecule is CCN(C)S(=O)(=O)Nc1ccc(F)c(Oc2ccc3ncn(C4C5CN(C(=O)CN6CCC(c7ccc(NC8CCC(=O)NC8=O)cc7F)CC6)CC54)c(=O)c3c2)c1C#N. The molecule has 0 bridgehead atoms. The van der Waals surface area contributed by atoms with Gasteiger partial charge < -0.3 is 15.0 Å². The second-order valence-electron chi connectivity index (χ2n) is 15.7. The minimum atomic E-state index is -4.03. The van der Waals surface area contributed by atoms with Gasteiger partial charge in [-0.3, -0.25) is 38.7 Å². The molecule has 3 saturated heterocycles. The molecule has 3 aliphatic heterocycles. The van der Waals surface area contributed by atoms with Crippen LogP contribution in [0.5, 0.6) is 11.5 Å². The van der Waals surface area contributed by atoms with Crippen LogP contribution < -0.4 is 25.7 Å². The van der Waals surface area contributed by atoms with Gasteiger partial charge in [0.25, 0.3) is 5.56 Å². The molecule has 0 radical (unpaired) electrons. The summed E-state index contributed by atoms with van der Waals surface area (Å²) in [6, 6.07) is 12.5. The fourth-order valence-corrected chi connectivity index (χ4v) is 9.48. The van der Waals surface area contributed by atoms with Crippen LogP contribution in [0, 0.1) is 34.8 Å². The van der Waals surface area contributed by atoms with Gasteiger partial charge >= 0.3 is 10.2 Å². The van der Waals surface area contributed by atoms with Gasteiger partial charge in [0.2, 0.25) is 17.7 Å². The predicted molar refractivity (Wildman–Crippen MR) is 215 cm³/mol. The summed E-state index contributed by atoms with van der Waals surface area (Å²) < 4.78 is 66.2. The maximum Gasteiger partial charge on any atom is 0.301 e. The van der Waals surface area contributed by atoms with E-state index in [-0.39, 0.29) is 88.9 Å². The van der Waals surface area contributed by atoms with E-state index in [0.717, 1.165) is 16.4 Å². The van der Waals surface area contributed by atoms with Crippen molar-refractivity contribution in [2.75, 3.05) is 56.4 Å². The number of hydrogen-bond donors (Lipinski definition) is 3. The lowest BCUT2D eigenvalue weighted by Gasteiger charge is -2.33. The van der Waals surface area contributed by atoms with Gasteiger partial charge in [-0.2, -0.15) is 18.0 Å². The fourth-order valence-electron chi connectivity index (χ4n) is 8.53. The molecule has 1 aliphatic carbocycles. The van der Waals surface area contributed by atoms with Gasteiger partial charge in [-0.1, -0.05) is 13.0 Å². The minimum Gasteiger partial charge on any atom is -0.453 e. The van der Waals surface area contributed by atoms with Crippen LogP contribution in [0.2, 0.25) is 0 Å². The number of aromatic nitrogens is 2. The van der Waals surface area contributed by atoms with Crippen molar-refractivity contribution in [3.8, 4) is 17.6 Å². The highest BCUT2D eigenvalue weighted by molar-refractivity contribution is 7.90. The summed E-state index contributed by atoms with van der Waals surface area (Å²) in [6.07, 6.45) is 3.42. The lowest BCUT2D eigenvalue weighted by atomic mass is 9.89. The first-order valence-electron chi connectivity index (χ1n) is 19.8. The largest absolute Gasteiger partial charge is 0.453 e. The number of piperidine rings is 3. The molecule has 1 saturated carbocycles. The standard InChI is InChI=1S/C41H43F2N9O7S/c1-3-49(2)60(57,58)48-34-9-7-31(42)39(28(34)18-44)59-25-5-8-33-27(17-25)41(56)52(22-45-33)38-29-19-51(20-30(29)38)37(54)21-50-14-12-23(13-15-50)26-6-4-24(16-32(26)43)46-35-10-11-36(53)47-40(35)55/h4-9,16-17,22-23,29-30,35,38,46,48H,3,10-15,19-21H2,1-2H3,(H,47,53,55). The van der Waals surface area contributed by atoms with Crippen molar-refractivity contribution in [2.24, 2.45) is 11.8 Å². The lowest BCUT2D eigenvalue weighted by molar-refractivity contribution is -0.134. The number of nitrogens with one attached hydrogen (secondary N) is 3. The fraction of sp³-hybridized carbons (Fsp3) is 0.415. The molecule has 3 atom stereocenters. The zero-order valence-electron chi connectivity index (χ0n) is 32.9. The molecule has 1 aromatic heterocycles. The van der Waals surface area contributed by atoms with Gasteiger partial charge in [0.1, 0.15) is 29.2 Å². The highest BCUT2D eigenvalue weighted by atomic mass is 32.2. The summed E-state index contributed by atoms with van der Waals surface area (Å²) in [7, 11) is -2.68. The van der Waals surface area contributed by atoms with E-state index >= 15 is 8.78 Å². The molecule has 4 heterocycles. The highest BCUT2D eigenvalue weighted by Crippen LogP contribution is 2.54. The number of benzene rings is 3. The number of ether oxygens (including phenoxy) is 1. The number of halogens is 2. The van der Waals surface area contributed by atoms with E-state index < -0.39 is 33.7 Å². The van der Waals surface area contributed by atoms with Crippen molar-refractivity contribution in [2.45, 2.75) is 50.6 Å². The van der Waals surface area contributed by atoms with E-state index in [1.54, 1.807) is 23.6 Å². The third kappa shape index (κ3) is 8.01. The van der Waals surface area contributed by atoms with Crippen molar-refractivity contribution in [3.05, 3.63) is 88.0 Å². The van der Waals surface area contributed by atoms with Crippen LogP contribution in [0.3, 0.4) is 0 Å². The molecule has 4 aliphatic rings. The second-order valence-corrected chi connectivity index (χ2v) is 17.5. The van der Waals surface area contributed by atoms with Crippen LogP contribution in [-0.4, -0.2) is 102 Å². The number of anilines is 2. The van der Waals surface area contributed by atoms with E-state index in [2.05, 4.69) is 25.2 Å². The number of carbonyl (C=O) groups is 3. The van der Waals surface area contributed by atoms with Gasteiger partial charge in [0.15, 0.2) is 11.6 Å². The average Bonchev–Trinajstić information content (AvgIpc) is 3.70. The van der Waals surface area contributed by atoms with Crippen molar-refractivity contribution >= 4 is 50.2 Å². The minimum absolute atomic E-state index is 0.00143.